The summed E-state index contributed by atoms with van der Waals surface area (Å²) in [5.74, 6) is -0.344. The van der Waals surface area contributed by atoms with E-state index in [-0.39, 0.29) is 5.97 Å². The minimum Gasteiger partial charge on any atom is -0.465 e. The molecule has 0 saturated carbocycles. The first-order valence-electron chi connectivity index (χ1n) is 5.77. The van der Waals surface area contributed by atoms with Gasteiger partial charge in [-0.05, 0) is 49.9 Å². The first-order chi connectivity index (χ1) is 9.08. The number of benzene rings is 1. The van der Waals surface area contributed by atoms with Crippen molar-refractivity contribution in [2.45, 2.75) is 23.9 Å². The van der Waals surface area contributed by atoms with Crippen LogP contribution < -0.4 is 0 Å². The zero-order valence-corrected chi connectivity index (χ0v) is 11.8. The van der Waals surface area contributed by atoms with E-state index in [0.29, 0.717) is 10.7 Å². The molecule has 98 valence electrons. The summed E-state index contributed by atoms with van der Waals surface area (Å²) in [5.41, 5.74) is 2.38. The van der Waals surface area contributed by atoms with Crippen molar-refractivity contribution >= 4 is 17.7 Å². The third-order valence-corrected chi connectivity index (χ3v) is 3.28. The van der Waals surface area contributed by atoms with Crippen molar-refractivity contribution in [3.8, 4) is 0 Å². The van der Waals surface area contributed by atoms with Gasteiger partial charge in [-0.2, -0.15) is 0 Å². The average molecular weight is 274 g/mol. The summed E-state index contributed by atoms with van der Waals surface area (Å²) in [6.45, 7) is 3.87. The SMILES string of the molecule is COC(=O)c1cccc(Sc2nc(C)cc(C)n2)c1. The Morgan fingerprint density at radius 3 is 2.47 bits per heavy atom. The van der Waals surface area contributed by atoms with Crippen LogP contribution in [-0.4, -0.2) is 23.0 Å². The Balaban J connectivity index is 2.25. The molecule has 0 saturated heterocycles. The fraction of sp³-hybridized carbons (Fsp3) is 0.214. The molecule has 2 aromatic rings. The number of hydrogen-bond donors (Lipinski definition) is 0. The Morgan fingerprint density at radius 2 is 1.84 bits per heavy atom. The van der Waals surface area contributed by atoms with Crippen molar-refractivity contribution in [1.29, 1.82) is 0 Å². The second-order valence-electron chi connectivity index (χ2n) is 4.05. The van der Waals surface area contributed by atoms with Crippen LogP contribution in [0.2, 0.25) is 0 Å². The summed E-state index contributed by atoms with van der Waals surface area (Å²) in [6, 6.07) is 9.15. The third-order valence-electron chi connectivity index (χ3n) is 2.43. The highest BCUT2D eigenvalue weighted by atomic mass is 32.2. The number of carbonyl (C=O) groups excluding carboxylic acids is 1. The molecule has 0 aliphatic rings. The van der Waals surface area contributed by atoms with Crippen molar-refractivity contribution in [3.05, 3.63) is 47.3 Å². The Morgan fingerprint density at radius 1 is 1.16 bits per heavy atom. The molecule has 0 amide bonds. The van der Waals surface area contributed by atoms with Crippen molar-refractivity contribution < 1.29 is 9.53 Å². The zero-order chi connectivity index (χ0) is 13.8. The smallest absolute Gasteiger partial charge is 0.337 e. The summed E-state index contributed by atoms with van der Waals surface area (Å²) in [6.07, 6.45) is 0. The fourth-order valence-electron chi connectivity index (χ4n) is 1.65. The van der Waals surface area contributed by atoms with E-state index in [0.717, 1.165) is 16.3 Å². The second-order valence-corrected chi connectivity index (χ2v) is 5.10. The maximum Gasteiger partial charge on any atom is 0.337 e. The molecule has 0 spiro atoms. The van der Waals surface area contributed by atoms with Crippen molar-refractivity contribution in [2.24, 2.45) is 0 Å². The second kappa shape index (κ2) is 5.84. The highest BCUT2D eigenvalue weighted by Crippen LogP contribution is 2.25. The zero-order valence-electron chi connectivity index (χ0n) is 11.0. The summed E-state index contributed by atoms with van der Waals surface area (Å²) in [7, 11) is 1.37. The Kier molecular flexibility index (Phi) is 4.16. The first-order valence-corrected chi connectivity index (χ1v) is 6.58. The van der Waals surface area contributed by atoms with Crippen LogP contribution in [0.4, 0.5) is 0 Å². The monoisotopic (exact) mass is 274 g/mol. The van der Waals surface area contributed by atoms with Crippen molar-refractivity contribution in [1.82, 2.24) is 9.97 Å². The van der Waals surface area contributed by atoms with Crippen LogP contribution in [0.5, 0.6) is 0 Å². The van der Waals surface area contributed by atoms with Gasteiger partial charge in [0.25, 0.3) is 0 Å². The van der Waals surface area contributed by atoms with Crippen LogP contribution in [0.15, 0.2) is 40.4 Å². The predicted octanol–water partition coefficient (Wildman–Crippen LogP) is 3.03. The number of nitrogens with zero attached hydrogens (tertiary/aromatic N) is 2. The Labute approximate surface area is 116 Å². The molecule has 0 aliphatic heterocycles. The van der Waals surface area contributed by atoms with Gasteiger partial charge in [-0.1, -0.05) is 6.07 Å². The molecule has 1 aromatic heterocycles. The minimum absolute atomic E-state index is 0.344. The highest BCUT2D eigenvalue weighted by molar-refractivity contribution is 7.99. The van der Waals surface area contributed by atoms with Crippen LogP contribution in [-0.2, 0) is 4.74 Å². The standard InChI is InChI=1S/C14H14N2O2S/c1-9-7-10(2)16-14(15-9)19-12-6-4-5-11(8-12)13(17)18-3/h4-8H,1-3H3. The van der Waals surface area contributed by atoms with E-state index < -0.39 is 0 Å². The average Bonchev–Trinajstić information content (AvgIpc) is 2.37. The number of esters is 1. The molecule has 19 heavy (non-hydrogen) atoms. The lowest BCUT2D eigenvalue weighted by atomic mass is 10.2. The van der Waals surface area contributed by atoms with Gasteiger partial charge in [0.15, 0.2) is 5.16 Å². The molecular formula is C14H14N2O2S. The number of methoxy groups -OCH3 is 1. The van der Waals surface area contributed by atoms with Gasteiger partial charge in [0, 0.05) is 16.3 Å². The molecule has 0 atom stereocenters. The molecule has 0 aliphatic carbocycles. The molecule has 0 bridgehead atoms. The van der Waals surface area contributed by atoms with Gasteiger partial charge in [0.1, 0.15) is 0 Å². The number of ether oxygens (including phenoxy) is 1. The van der Waals surface area contributed by atoms with Gasteiger partial charge in [-0.3, -0.25) is 0 Å². The van der Waals surface area contributed by atoms with E-state index in [1.54, 1.807) is 12.1 Å². The molecule has 0 fully saturated rings. The van der Waals surface area contributed by atoms with E-state index in [1.807, 2.05) is 32.0 Å². The molecule has 1 heterocycles. The van der Waals surface area contributed by atoms with E-state index in [4.69, 9.17) is 4.74 Å². The highest BCUT2D eigenvalue weighted by Gasteiger charge is 2.08. The first kappa shape index (κ1) is 13.5. The molecule has 0 unspecified atom stereocenters. The topological polar surface area (TPSA) is 52.1 Å². The van der Waals surface area contributed by atoms with E-state index in [9.17, 15) is 4.79 Å². The molecule has 0 N–H and O–H groups in total. The van der Waals surface area contributed by atoms with Crippen LogP contribution in [0, 0.1) is 13.8 Å². The van der Waals surface area contributed by atoms with Gasteiger partial charge in [-0.15, -0.1) is 0 Å². The number of aromatic nitrogens is 2. The minimum atomic E-state index is -0.344. The largest absolute Gasteiger partial charge is 0.465 e. The van der Waals surface area contributed by atoms with Crippen LogP contribution in [0.25, 0.3) is 0 Å². The molecule has 4 nitrogen and oxygen atoms in total. The third kappa shape index (κ3) is 3.54. The van der Waals surface area contributed by atoms with Gasteiger partial charge in [-0.25, -0.2) is 14.8 Å². The summed E-state index contributed by atoms with van der Waals surface area (Å²) >= 11 is 1.43. The van der Waals surface area contributed by atoms with Gasteiger partial charge in [0.05, 0.1) is 12.7 Å². The number of hydrogen-bond acceptors (Lipinski definition) is 5. The molecular weight excluding hydrogens is 260 g/mol. The quantitative estimate of drug-likeness (QED) is 0.636. The van der Waals surface area contributed by atoms with Crippen molar-refractivity contribution in [2.75, 3.05) is 7.11 Å². The molecule has 5 heteroatoms. The lowest BCUT2D eigenvalue weighted by molar-refractivity contribution is 0.0600. The normalized spacial score (nSPS) is 10.3. The van der Waals surface area contributed by atoms with Crippen LogP contribution >= 0.6 is 11.8 Å². The van der Waals surface area contributed by atoms with Gasteiger partial charge in [0.2, 0.25) is 0 Å². The van der Waals surface area contributed by atoms with Crippen molar-refractivity contribution in [3.63, 3.8) is 0 Å². The lowest BCUT2D eigenvalue weighted by Crippen LogP contribution is -2.00. The fourth-order valence-corrected chi connectivity index (χ4v) is 2.57. The number of carbonyl (C=O) groups is 1. The maximum atomic E-state index is 11.5. The summed E-state index contributed by atoms with van der Waals surface area (Å²) in [5, 5.41) is 0.680. The van der Waals surface area contributed by atoms with E-state index in [1.165, 1.54) is 18.9 Å². The summed E-state index contributed by atoms with van der Waals surface area (Å²) < 4.78 is 4.70. The lowest BCUT2D eigenvalue weighted by Gasteiger charge is -2.04. The summed E-state index contributed by atoms with van der Waals surface area (Å²) in [4.78, 5) is 21.1. The van der Waals surface area contributed by atoms with E-state index in [2.05, 4.69) is 9.97 Å². The molecule has 0 radical (unpaired) electrons. The van der Waals surface area contributed by atoms with Gasteiger partial charge >= 0.3 is 5.97 Å². The maximum absolute atomic E-state index is 11.5. The predicted molar refractivity (Wildman–Crippen MR) is 73.4 cm³/mol. The number of rotatable bonds is 3. The van der Waals surface area contributed by atoms with Crippen LogP contribution in [0.1, 0.15) is 21.7 Å². The van der Waals surface area contributed by atoms with Gasteiger partial charge < -0.3 is 4.74 Å². The Bertz CT molecular complexity index is 594. The van der Waals surface area contributed by atoms with Crippen LogP contribution in [0.3, 0.4) is 0 Å². The Hall–Kier alpha value is -1.88. The molecule has 2 rings (SSSR count). The molecule has 1 aromatic carbocycles. The number of aryl methyl sites for hydroxylation is 2. The van der Waals surface area contributed by atoms with E-state index >= 15 is 0 Å².